The molecule has 4 rings (SSSR count). The molecule has 4 aliphatic rings. The lowest BCUT2D eigenvalue weighted by atomic mass is 9.44. The third kappa shape index (κ3) is 2.91. The first-order chi connectivity index (χ1) is 12.1. The number of nitrogens with zero attached hydrogens (tertiary/aromatic N) is 1. The molecule has 0 aromatic rings. The van der Waals surface area contributed by atoms with Crippen molar-refractivity contribution in [2.75, 3.05) is 20.8 Å². The summed E-state index contributed by atoms with van der Waals surface area (Å²) in [5, 5.41) is 0. The van der Waals surface area contributed by atoms with Crippen molar-refractivity contribution >= 4 is 11.8 Å². The third-order valence-electron chi connectivity index (χ3n) is 6.72. The molecule has 2 bridgehead atoms. The molecule has 26 heavy (non-hydrogen) atoms. The van der Waals surface area contributed by atoms with E-state index in [0.717, 1.165) is 30.1 Å². The van der Waals surface area contributed by atoms with Gasteiger partial charge < -0.3 is 9.47 Å². The van der Waals surface area contributed by atoms with E-state index in [1.807, 2.05) is 6.92 Å². The molecular weight excluding hydrogens is 338 g/mol. The second-order valence-electron chi connectivity index (χ2n) is 8.47. The van der Waals surface area contributed by atoms with Crippen LogP contribution in [-0.4, -0.2) is 49.1 Å². The van der Waals surface area contributed by atoms with Crippen LogP contribution in [0.25, 0.3) is 0 Å². The summed E-state index contributed by atoms with van der Waals surface area (Å²) >= 11 is 0. The van der Waals surface area contributed by atoms with Crippen molar-refractivity contribution in [3.05, 3.63) is 11.6 Å². The van der Waals surface area contributed by atoms with E-state index in [-0.39, 0.29) is 17.9 Å². The highest BCUT2D eigenvalue weighted by Gasteiger charge is 2.61. The van der Waals surface area contributed by atoms with Gasteiger partial charge in [0.05, 0.1) is 0 Å². The van der Waals surface area contributed by atoms with Gasteiger partial charge in [0, 0.05) is 25.9 Å². The summed E-state index contributed by atoms with van der Waals surface area (Å²) < 4.78 is 10.8. The predicted octanol–water partition coefficient (Wildman–Crippen LogP) is 2.41. The first kappa shape index (κ1) is 19.5. The molecule has 0 radical (unpaired) electrons. The average Bonchev–Trinajstić information content (AvgIpc) is 2.84. The summed E-state index contributed by atoms with van der Waals surface area (Å²) in [6.07, 6.45) is 4.38. The Labute approximate surface area is 154 Å². The van der Waals surface area contributed by atoms with E-state index in [4.69, 9.17) is 19.2 Å². The van der Waals surface area contributed by atoms with E-state index in [0.29, 0.717) is 11.5 Å². The fourth-order valence-corrected chi connectivity index (χ4v) is 4.72. The number of ether oxygens (including phenoxy) is 2. The maximum Gasteiger partial charge on any atom is 0.330 e. The Morgan fingerprint density at radius 2 is 1.88 bits per heavy atom. The van der Waals surface area contributed by atoms with Crippen LogP contribution in [0, 0.1) is 17.3 Å². The molecule has 3 aliphatic carbocycles. The molecule has 3 saturated carbocycles. The molecular formula is C19H29NO6. The first-order valence-electron chi connectivity index (χ1n) is 9.10. The van der Waals surface area contributed by atoms with E-state index in [2.05, 4.69) is 13.8 Å². The molecule has 1 heterocycles. The van der Waals surface area contributed by atoms with Gasteiger partial charge >= 0.3 is 5.97 Å². The van der Waals surface area contributed by atoms with Crippen LogP contribution < -0.4 is 0 Å². The number of imide groups is 1. The van der Waals surface area contributed by atoms with Gasteiger partial charge in [-0.25, -0.2) is 4.89 Å². The number of carbonyl (C=O) groups is 2. The summed E-state index contributed by atoms with van der Waals surface area (Å²) in [4.78, 5) is 36.8. The van der Waals surface area contributed by atoms with E-state index in [1.54, 1.807) is 6.92 Å². The number of methoxy groups -OCH3 is 2. The largest absolute Gasteiger partial charge is 0.330 e. The molecule has 7 nitrogen and oxygen atoms in total. The molecule has 7 heteroatoms. The van der Waals surface area contributed by atoms with Crippen LogP contribution in [0.1, 0.15) is 47.0 Å². The van der Waals surface area contributed by atoms with Gasteiger partial charge in [-0.05, 0) is 50.4 Å². The maximum atomic E-state index is 12.2. The quantitative estimate of drug-likeness (QED) is 0.298. The summed E-state index contributed by atoms with van der Waals surface area (Å²) in [6.45, 7) is 7.96. The van der Waals surface area contributed by atoms with Gasteiger partial charge in [-0.15, -0.1) is 0 Å². The van der Waals surface area contributed by atoms with Crippen molar-refractivity contribution in [2.24, 2.45) is 17.3 Å². The highest BCUT2D eigenvalue weighted by molar-refractivity contribution is 6.15. The van der Waals surface area contributed by atoms with Crippen LogP contribution in [-0.2, 0) is 28.8 Å². The number of hydrogen-bond acceptors (Lipinski definition) is 6. The minimum atomic E-state index is -1.67. The first-order valence-corrected chi connectivity index (χ1v) is 9.10. The van der Waals surface area contributed by atoms with Gasteiger partial charge in [-0.1, -0.05) is 13.8 Å². The second-order valence-corrected chi connectivity index (χ2v) is 8.47. The molecule has 0 spiro atoms. The van der Waals surface area contributed by atoms with Crippen molar-refractivity contribution in [1.82, 2.24) is 4.90 Å². The van der Waals surface area contributed by atoms with E-state index >= 15 is 0 Å². The summed E-state index contributed by atoms with van der Waals surface area (Å²) in [5.41, 5.74) is 0.119. The monoisotopic (exact) mass is 367 g/mol. The summed E-state index contributed by atoms with van der Waals surface area (Å²) in [6, 6.07) is 0. The number of rotatable bonds is 7. The predicted molar refractivity (Wildman–Crippen MR) is 92.4 cm³/mol. The zero-order chi connectivity index (χ0) is 19.3. The molecule has 3 fully saturated rings. The molecule has 3 unspecified atom stereocenters. The van der Waals surface area contributed by atoms with Gasteiger partial charge in [0.15, 0.2) is 0 Å². The van der Waals surface area contributed by atoms with Crippen LogP contribution >= 0.6 is 0 Å². The number of hydrogen-bond donors (Lipinski definition) is 0. The Balaban J connectivity index is 1.71. The third-order valence-corrected chi connectivity index (χ3v) is 6.72. The normalized spacial score (nSPS) is 33.3. The van der Waals surface area contributed by atoms with Crippen molar-refractivity contribution < 1.29 is 28.8 Å². The lowest BCUT2D eigenvalue weighted by molar-refractivity contribution is -0.534. The molecule has 1 aliphatic heterocycles. The number of amides is 2. The van der Waals surface area contributed by atoms with E-state index < -0.39 is 17.5 Å². The average molecular weight is 367 g/mol. The molecule has 0 aromatic carbocycles. The Morgan fingerprint density at radius 3 is 2.35 bits per heavy atom. The zero-order valence-electron chi connectivity index (χ0n) is 16.5. The minimum absolute atomic E-state index is 0.209. The number of carbonyl (C=O) groups excluding carboxylic acids is 2. The molecule has 146 valence electrons. The molecule has 0 N–H and O–H groups in total. The van der Waals surface area contributed by atoms with Crippen LogP contribution in [0.5, 0.6) is 0 Å². The Hall–Kier alpha value is -1.28. The fraction of sp³-hybridized carbons (Fsp3) is 0.789. The van der Waals surface area contributed by atoms with Crippen LogP contribution in [0.4, 0.5) is 0 Å². The minimum Gasteiger partial charge on any atom is -0.328 e. The highest BCUT2D eigenvalue weighted by atomic mass is 17.3. The van der Waals surface area contributed by atoms with Crippen molar-refractivity contribution in [3.8, 4) is 0 Å². The van der Waals surface area contributed by atoms with Crippen LogP contribution in [0.15, 0.2) is 11.6 Å². The lowest BCUT2D eigenvalue weighted by Gasteiger charge is -2.63. The molecule has 0 saturated heterocycles. The van der Waals surface area contributed by atoms with Crippen molar-refractivity contribution in [1.29, 1.82) is 0 Å². The number of fused-ring (bicyclic) bond motifs is 2. The van der Waals surface area contributed by atoms with Gasteiger partial charge in [-0.3, -0.25) is 14.5 Å². The smallest absolute Gasteiger partial charge is 0.328 e. The summed E-state index contributed by atoms with van der Waals surface area (Å²) in [5.74, 6) is -1.37. The van der Waals surface area contributed by atoms with Gasteiger partial charge in [0.2, 0.25) is 0 Å². The summed E-state index contributed by atoms with van der Waals surface area (Å²) in [7, 11) is 2.79. The molecule has 3 atom stereocenters. The van der Waals surface area contributed by atoms with Gasteiger partial charge in [0.25, 0.3) is 11.8 Å². The van der Waals surface area contributed by atoms with Gasteiger partial charge in [0.1, 0.15) is 12.1 Å². The van der Waals surface area contributed by atoms with Crippen LogP contribution in [0.3, 0.4) is 0 Å². The van der Waals surface area contributed by atoms with Crippen LogP contribution in [0.2, 0.25) is 0 Å². The second kappa shape index (κ2) is 6.41. The Bertz CT molecular complexity index is 636. The lowest BCUT2D eigenvalue weighted by Crippen LogP contribution is -2.62. The van der Waals surface area contributed by atoms with Crippen molar-refractivity contribution in [2.45, 2.75) is 58.5 Å². The molecule has 0 aromatic heterocycles. The molecule has 2 amide bonds. The zero-order valence-corrected chi connectivity index (χ0v) is 16.5. The van der Waals surface area contributed by atoms with Gasteiger partial charge in [-0.2, -0.15) is 4.89 Å². The highest BCUT2D eigenvalue weighted by Crippen LogP contribution is 2.63. The SMILES string of the molecule is COC(CN1C(=O)C=C(C)C1=O)(OC)OOC1(C)CCC2CC1C2(C)C. The Kier molecular flexibility index (Phi) is 4.80. The maximum absolute atomic E-state index is 12.2. The van der Waals surface area contributed by atoms with E-state index in [9.17, 15) is 9.59 Å². The Morgan fingerprint density at radius 1 is 1.23 bits per heavy atom. The van der Waals surface area contributed by atoms with E-state index in [1.165, 1.54) is 20.3 Å². The fourth-order valence-electron chi connectivity index (χ4n) is 4.72. The van der Waals surface area contributed by atoms with Crippen molar-refractivity contribution in [3.63, 3.8) is 0 Å². The standard InChI is InChI=1S/C19H29NO6/c1-12-9-15(21)20(16(12)22)11-19(23-5,24-6)26-25-18(4)8-7-13-10-14(18)17(13,2)3/h9,13-14H,7-8,10-11H2,1-6H3. The topological polar surface area (TPSA) is 74.3 Å².